The van der Waals surface area contributed by atoms with Crippen molar-refractivity contribution >= 4 is 41.3 Å². The number of benzene rings is 1. The van der Waals surface area contributed by atoms with Gasteiger partial charge in [0.25, 0.3) is 0 Å². The van der Waals surface area contributed by atoms with Crippen LogP contribution in [-0.2, 0) is 6.54 Å². The number of aliphatic imine (C=N–C) groups is 1. The van der Waals surface area contributed by atoms with Crippen LogP contribution < -0.4 is 10.6 Å². The van der Waals surface area contributed by atoms with E-state index < -0.39 is 0 Å². The Hall–Kier alpha value is -1.59. The average Bonchev–Trinajstić information content (AvgIpc) is 3.02. The fourth-order valence-corrected chi connectivity index (χ4v) is 2.86. The molecule has 0 saturated carbocycles. The lowest BCUT2D eigenvalue weighted by molar-refractivity contribution is 0.839. The minimum absolute atomic E-state index is 0. The molecule has 122 valence electrons. The van der Waals surface area contributed by atoms with E-state index in [0.717, 1.165) is 39.9 Å². The highest BCUT2D eigenvalue weighted by Crippen LogP contribution is 2.28. The Bertz CT molecular complexity index is 680. The normalized spacial score (nSPS) is 9.43. The molecule has 0 saturated heterocycles. The lowest BCUT2D eigenvalue weighted by atomic mass is 10.1. The van der Waals surface area contributed by atoms with Gasteiger partial charge in [-0.1, -0.05) is 18.2 Å². The van der Waals surface area contributed by atoms with E-state index in [2.05, 4.69) is 53.7 Å². The van der Waals surface area contributed by atoms with Crippen molar-refractivity contribution in [1.82, 2.24) is 10.6 Å². The minimum atomic E-state index is 0. The first-order chi connectivity index (χ1) is 10.8. The molecule has 0 radical (unpaired) electrons. The van der Waals surface area contributed by atoms with Crippen LogP contribution in [0, 0.1) is 11.3 Å². The molecule has 0 amide bonds. The van der Waals surface area contributed by atoms with E-state index in [-0.39, 0.29) is 24.0 Å². The molecule has 2 aromatic rings. The van der Waals surface area contributed by atoms with Crippen molar-refractivity contribution in [2.45, 2.75) is 20.4 Å². The highest BCUT2D eigenvalue weighted by molar-refractivity contribution is 14.0. The Labute approximate surface area is 158 Å². The zero-order valence-electron chi connectivity index (χ0n) is 13.3. The summed E-state index contributed by atoms with van der Waals surface area (Å²) in [6.45, 7) is 6.42. The van der Waals surface area contributed by atoms with Gasteiger partial charge < -0.3 is 10.6 Å². The summed E-state index contributed by atoms with van der Waals surface area (Å²) in [5.41, 5.74) is 2.28. The number of nitrogens with zero attached hydrogens (tertiary/aromatic N) is 2. The van der Waals surface area contributed by atoms with Gasteiger partial charge in [-0.3, -0.25) is 0 Å². The summed E-state index contributed by atoms with van der Waals surface area (Å²) >= 11 is 1.51. The predicted molar refractivity (Wildman–Crippen MR) is 108 cm³/mol. The molecule has 1 heterocycles. The van der Waals surface area contributed by atoms with Crippen LogP contribution in [0.4, 0.5) is 0 Å². The van der Waals surface area contributed by atoms with Crippen LogP contribution >= 0.6 is 35.3 Å². The molecule has 0 atom stereocenters. The van der Waals surface area contributed by atoms with Gasteiger partial charge in [-0.2, -0.15) is 5.26 Å². The van der Waals surface area contributed by atoms with Gasteiger partial charge in [-0.05, 0) is 43.2 Å². The van der Waals surface area contributed by atoms with E-state index >= 15 is 0 Å². The molecule has 6 heteroatoms. The Morgan fingerprint density at radius 1 is 1.17 bits per heavy atom. The van der Waals surface area contributed by atoms with Crippen LogP contribution in [0.25, 0.3) is 10.4 Å². The van der Waals surface area contributed by atoms with E-state index in [9.17, 15) is 0 Å². The molecule has 0 unspecified atom stereocenters. The van der Waals surface area contributed by atoms with Crippen LogP contribution in [0.15, 0.2) is 41.4 Å². The first kappa shape index (κ1) is 19.5. The van der Waals surface area contributed by atoms with Crippen molar-refractivity contribution < 1.29 is 0 Å². The van der Waals surface area contributed by atoms with Crippen LogP contribution in [0.5, 0.6) is 0 Å². The quantitative estimate of drug-likeness (QED) is 0.420. The van der Waals surface area contributed by atoms with Crippen molar-refractivity contribution in [2.75, 3.05) is 13.1 Å². The molecule has 0 aliphatic heterocycles. The highest BCUT2D eigenvalue weighted by Gasteiger charge is 2.03. The number of hydrogen-bond acceptors (Lipinski definition) is 3. The van der Waals surface area contributed by atoms with Gasteiger partial charge in [-0.15, -0.1) is 35.3 Å². The van der Waals surface area contributed by atoms with E-state index in [1.165, 1.54) is 11.3 Å². The lowest BCUT2D eigenvalue weighted by Gasteiger charge is -2.09. The molecule has 2 N–H and O–H groups in total. The van der Waals surface area contributed by atoms with Gasteiger partial charge in [0, 0.05) is 18.0 Å². The maximum Gasteiger partial charge on any atom is 0.191 e. The Morgan fingerprint density at radius 2 is 1.91 bits per heavy atom. The van der Waals surface area contributed by atoms with Crippen molar-refractivity contribution in [3.05, 3.63) is 46.8 Å². The summed E-state index contributed by atoms with van der Waals surface area (Å²) in [5, 5.41) is 15.4. The zero-order valence-corrected chi connectivity index (χ0v) is 16.4. The van der Waals surface area contributed by atoms with Crippen LogP contribution in [0.1, 0.15) is 24.3 Å². The number of nitrogens with one attached hydrogen (secondary N) is 2. The molecule has 0 bridgehead atoms. The van der Waals surface area contributed by atoms with E-state index in [0.29, 0.717) is 6.54 Å². The summed E-state index contributed by atoms with van der Waals surface area (Å²) in [6, 6.07) is 14.3. The molecular weight excluding hydrogens is 419 g/mol. The minimum Gasteiger partial charge on any atom is -0.357 e. The third-order valence-corrected chi connectivity index (χ3v) is 4.07. The van der Waals surface area contributed by atoms with Gasteiger partial charge in [0.2, 0.25) is 0 Å². The van der Waals surface area contributed by atoms with Gasteiger partial charge >= 0.3 is 0 Å². The Balaban J connectivity index is 0.00000264. The predicted octanol–water partition coefficient (Wildman–Crippen LogP) is 3.98. The van der Waals surface area contributed by atoms with Crippen molar-refractivity contribution in [2.24, 2.45) is 4.99 Å². The van der Waals surface area contributed by atoms with E-state index in [1.54, 1.807) is 0 Å². The van der Waals surface area contributed by atoms with Gasteiger partial charge in [0.1, 0.15) is 10.9 Å². The summed E-state index contributed by atoms with van der Waals surface area (Å²) in [5.74, 6) is 0.832. The van der Waals surface area contributed by atoms with E-state index in [4.69, 9.17) is 5.26 Å². The fraction of sp³-hybridized carbons (Fsp3) is 0.294. The highest BCUT2D eigenvalue weighted by atomic mass is 127. The maximum atomic E-state index is 8.93. The fourth-order valence-electron chi connectivity index (χ4n) is 2.06. The first-order valence-electron chi connectivity index (χ1n) is 7.38. The molecule has 4 nitrogen and oxygen atoms in total. The summed E-state index contributed by atoms with van der Waals surface area (Å²) in [6.07, 6.45) is 0. The molecule has 0 aliphatic rings. The maximum absolute atomic E-state index is 8.93. The van der Waals surface area contributed by atoms with Gasteiger partial charge in [0.05, 0.1) is 6.54 Å². The number of nitriles is 1. The zero-order chi connectivity index (χ0) is 15.8. The number of hydrogen-bond donors (Lipinski definition) is 2. The standard InChI is InChI=1S/C17H20N4S.HI/c1-3-19-17(20-4-2)21-12-13-6-5-7-14(10-13)16-9-8-15(11-18)22-16;/h5-10H,3-4,12H2,1-2H3,(H2,19,20,21);1H. The molecule has 1 aromatic carbocycles. The molecule has 23 heavy (non-hydrogen) atoms. The first-order valence-corrected chi connectivity index (χ1v) is 8.20. The average molecular weight is 440 g/mol. The van der Waals surface area contributed by atoms with Crippen LogP contribution in [0.3, 0.4) is 0 Å². The SMILES string of the molecule is CCNC(=NCc1cccc(-c2ccc(C#N)s2)c1)NCC.I. The topological polar surface area (TPSA) is 60.2 Å². The smallest absolute Gasteiger partial charge is 0.191 e. The monoisotopic (exact) mass is 440 g/mol. The Kier molecular flexibility index (Phi) is 8.66. The van der Waals surface area contributed by atoms with Crippen molar-refractivity contribution in [1.29, 1.82) is 5.26 Å². The lowest BCUT2D eigenvalue weighted by Crippen LogP contribution is -2.36. The Morgan fingerprint density at radius 3 is 2.52 bits per heavy atom. The molecule has 0 aliphatic carbocycles. The number of guanidine groups is 1. The van der Waals surface area contributed by atoms with Gasteiger partial charge in [0.15, 0.2) is 5.96 Å². The second-order valence-corrected chi connectivity index (χ2v) is 5.79. The second-order valence-electron chi connectivity index (χ2n) is 4.70. The molecule has 1 aromatic heterocycles. The second kappa shape index (κ2) is 10.2. The van der Waals surface area contributed by atoms with E-state index in [1.807, 2.05) is 18.2 Å². The molecule has 0 spiro atoms. The molecular formula is C17H21IN4S. The number of thiophene rings is 1. The molecule has 0 fully saturated rings. The third kappa shape index (κ3) is 5.84. The number of rotatable bonds is 5. The third-order valence-electron chi connectivity index (χ3n) is 3.04. The van der Waals surface area contributed by atoms with Crippen LogP contribution in [-0.4, -0.2) is 19.0 Å². The van der Waals surface area contributed by atoms with Gasteiger partial charge in [-0.25, -0.2) is 4.99 Å². The van der Waals surface area contributed by atoms with Crippen molar-refractivity contribution in [3.8, 4) is 16.5 Å². The summed E-state index contributed by atoms with van der Waals surface area (Å²) in [7, 11) is 0. The summed E-state index contributed by atoms with van der Waals surface area (Å²) < 4.78 is 0. The molecule has 2 rings (SSSR count). The number of halogens is 1. The van der Waals surface area contributed by atoms with Crippen molar-refractivity contribution in [3.63, 3.8) is 0 Å². The van der Waals surface area contributed by atoms with Crippen LogP contribution in [0.2, 0.25) is 0 Å². The largest absolute Gasteiger partial charge is 0.357 e. The summed E-state index contributed by atoms with van der Waals surface area (Å²) in [4.78, 5) is 6.42.